The lowest BCUT2D eigenvalue weighted by Crippen LogP contribution is -2.57. The Morgan fingerprint density at radius 2 is 2.44 bits per heavy atom. The summed E-state index contributed by atoms with van der Waals surface area (Å²) in [5, 5.41) is 3.44. The van der Waals surface area contributed by atoms with Crippen molar-refractivity contribution in [2.45, 2.75) is 25.8 Å². The summed E-state index contributed by atoms with van der Waals surface area (Å²) in [5.74, 6) is 0.928. The summed E-state index contributed by atoms with van der Waals surface area (Å²) in [6, 6.07) is 0.718. The topological polar surface area (TPSA) is 39.7 Å². The second kappa shape index (κ2) is 3.18. The second-order valence-corrected chi connectivity index (χ2v) is 2.90. The molecule has 2 heteroatoms. The summed E-state index contributed by atoms with van der Waals surface area (Å²) in [6.45, 7) is 4.53. The highest BCUT2D eigenvalue weighted by Crippen LogP contribution is 2.15. The molecule has 1 heterocycles. The van der Waals surface area contributed by atoms with E-state index in [-0.39, 0.29) is 0 Å². The first-order chi connectivity index (χ1) is 4.36. The van der Waals surface area contributed by atoms with Gasteiger partial charge in [-0.25, -0.2) is 0 Å². The molecule has 1 saturated heterocycles. The first-order valence-electron chi connectivity index (χ1n) is 3.89. The predicted molar refractivity (Wildman–Crippen MR) is 37.9 cm³/mol. The molecule has 54 valence electrons. The zero-order valence-corrected chi connectivity index (χ0v) is 6.19. The Labute approximate surface area is 56.8 Å². The maximum atomic E-state index is 3.87. The maximum Gasteiger partial charge on any atom is 0.0895 e. The molecule has 9 heavy (non-hydrogen) atoms. The predicted octanol–water partition coefficient (Wildman–Crippen LogP) is -0.384. The van der Waals surface area contributed by atoms with Crippen molar-refractivity contribution >= 4 is 0 Å². The van der Waals surface area contributed by atoms with E-state index in [1.807, 2.05) is 0 Å². The van der Waals surface area contributed by atoms with Crippen molar-refractivity contribution < 1.29 is 5.73 Å². The van der Waals surface area contributed by atoms with Crippen LogP contribution >= 0.6 is 0 Å². The zero-order chi connectivity index (χ0) is 6.69. The number of nitrogens with one attached hydrogen (secondary N) is 1. The van der Waals surface area contributed by atoms with Crippen molar-refractivity contribution in [1.82, 2.24) is 5.32 Å². The van der Waals surface area contributed by atoms with Gasteiger partial charge in [0.25, 0.3) is 0 Å². The van der Waals surface area contributed by atoms with Crippen LogP contribution in [0, 0.1) is 5.92 Å². The Balaban J connectivity index is 2.20. The monoisotopic (exact) mass is 129 g/mol. The van der Waals surface area contributed by atoms with Crippen LogP contribution in [0.25, 0.3) is 0 Å². The Bertz CT molecular complexity index is 73.0. The fourth-order valence-electron chi connectivity index (χ4n) is 1.43. The lowest BCUT2D eigenvalue weighted by Gasteiger charge is -2.02. The molecule has 0 aromatic heterocycles. The van der Waals surface area contributed by atoms with Crippen LogP contribution in [0.2, 0.25) is 0 Å². The van der Waals surface area contributed by atoms with Crippen molar-refractivity contribution in [2.24, 2.45) is 5.92 Å². The van der Waals surface area contributed by atoms with Crippen molar-refractivity contribution in [3.05, 3.63) is 0 Å². The summed E-state index contributed by atoms with van der Waals surface area (Å²) in [4.78, 5) is 0. The van der Waals surface area contributed by atoms with Crippen LogP contribution in [0.1, 0.15) is 19.8 Å². The van der Waals surface area contributed by atoms with Gasteiger partial charge in [-0.05, 0) is 18.9 Å². The Kier molecular flexibility index (Phi) is 2.49. The molecule has 1 aliphatic heterocycles. The molecule has 0 bridgehead atoms. The molecule has 4 N–H and O–H groups in total. The molecule has 1 aliphatic rings. The van der Waals surface area contributed by atoms with Crippen LogP contribution in [0.3, 0.4) is 0 Å². The highest BCUT2D eigenvalue weighted by molar-refractivity contribution is 4.79. The molecule has 0 radical (unpaired) electrons. The van der Waals surface area contributed by atoms with Crippen molar-refractivity contribution in [3.8, 4) is 0 Å². The minimum absolute atomic E-state index is 0.718. The molecule has 0 aromatic carbocycles. The maximum absolute atomic E-state index is 3.87. The molecule has 0 amide bonds. The third-order valence-corrected chi connectivity index (χ3v) is 2.24. The summed E-state index contributed by atoms with van der Waals surface area (Å²) >= 11 is 0. The fourth-order valence-corrected chi connectivity index (χ4v) is 1.43. The lowest BCUT2D eigenvalue weighted by molar-refractivity contribution is -0.372. The fraction of sp³-hybridized carbons (Fsp3) is 1.00. The van der Waals surface area contributed by atoms with Crippen LogP contribution < -0.4 is 11.1 Å². The molecule has 1 rings (SSSR count). The van der Waals surface area contributed by atoms with Gasteiger partial charge in [0.05, 0.1) is 12.6 Å². The Morgan fingerprint density at radius 3 is 2.78 bits per heavy atom. The third kappa shape index (κ3) is 1.66. The average molecular weight is 129 g/mol. The Hall–Kier alpha value is -0.0800. The van der Waals surface area contributed by atoms with Crippen molar-refractivity contribution in [3.63, 3.8) is 0 Å². The minimum Gasteiger partial charge on any atom is -0.356 e. The molecule has 0 spiro atoms. The number of rotatable bonds is 2. The molecule has 2 nitrogen and oxygen atoms in total. The van der Waals surface area contributed by atoms with E-state index < -0.39 is 0 Å². The second-order valence-electron chi connectivity index (χ2n) is 2.90. The summed E-state index contributed by atoms with van der Waals surface area (Å²) in [5.41, 5.74) is 3.87. The molecule has 1 fully saturated rings. The number of hydrogen-bond acceptors (Lipinski definition) is 1. The molecule has 0 aromatic rings. The molecule has 2 unspecified atom stereocenters. The van der Waals surface area contributed by atoms with E-state index in [0.29, 0.717) is 0 Å². The first kappa shape index (κ1) is 7.03. The van der Waals surface area contributed by atoms with Crippen LogP contribution in [0.5, 0.6) is 0 Å². The van der Waals surface area contributed by atoms with Gasteiger partial charge in [0.1, 0.15) is 0 Å². The van der Waals surface area contributed by atoms with Gasteiger partial charge in [-0.3, -0.25) is 0 Å². The van der Waals surface area contributed by atoms with Gasteiger partial charge in [0, 0.05) is 0 Å². The van der Waals surface area contributed by atoms with Gasteiger partial charge in [-0.1, -0.05) is 13.3 Å². The molecular formula is C7H17N2+. The first-order valence-corrected chi connectivity index (χ1v) is 3.89. The van der Waals surface area contributed by atoms with Crippen molar-refractivity contribution in [2.75, 3.05) is 13.1 Å². The SMILES string of the molecule is CCC1CNC(C[NH3+])C1. The average Bonchev–Trinajstić information content (AvgIpc) is 2.34. The quantitative estimate of drug-likeness (QED) is 0.524. The zero-order valence-electron chi connectivity index (χ0n) is 6.19. The van der Waals surface area contributed by atoms with Crippen molar-refractivity contribution in [1.29, 1.82) is 0 Å². The third-order valence-electron chi connectivity index (χ3n) is 2.24. The van der Waals surface area contributed by atoms with E-state index in [2.05, 4.69) is 18.0 Å². The van der Waals surface area contributed by atoms with Gasteiger partial charge >= 0.3 is 0 Å². The van der Waals surface area contributed by atoms with Gasteiger partial charge in [0.15, 0.2) is 0 Å². The van der Waals surface area contributed by atoms with E-state index in [1.54, 1.807) is 0 Å². The number of quaternary nitrogens is 1. The van der Waals surface area contributed by atoms with Crippen LogP contribution in [-0.2, 0) is 0 Å². The molecular weight excluding hydrogens is 112 g/mol. The highest BCUT2D eigenvalue weighted by Gasteiger charge is 2.21. The van der Waals surface area contributed by atoms with E-state index >= 15 is 0 Å². The minimum atomic E-state index is 0.718. The molecule has 0 saturated carbocycles. The van der Waals surface area contributed by atoms with Crippen LogP contribution in [-0.4, -0.2) is 19.1 Å². The summed E-state index contributed by atoms with van der Waals surface area (Å²) < 4.78 is 0. The number of hydrogen-bond donors (Lipinski definition) is 2. The molecule has 2 atom stereocenters. The van der Waals surface area contributed by atoms with Gasteiger partial charge in [-0.2, -0.15) is 0 Å². The highest BCUT2D eigenvalue weighted by atomic mass is 15.0. The van der Waals surface area contributed by atoms with Gasteiger partial charge < -0.3 is 11.1 Å². The standard InChI is InChI=1S/C7H16N2/c1-2-6-3-7(4-8)9-5-6/h6-7,9H,2-5,8H2,1H3/p+1. The van der Waals surface area contributed by atoms with E-state index in [4.69, 9.17) is 0 Å². The normalized spacial score (nSPS) is 35.3. The van der Waals surface area contributed by atoms with Crippen LogP contribution in [0.4, 0.5) is 0 Å². The summed E-state index contributed by atoms with van der Waals surface area (Å²) in [6.07, 6.45) is 2.67. The van der Waals surface area contributed by atoms with Crippen LogP contribution in [0.15, 0.2) is 0 Å². The summed E-state index contributed by atoms with van der Waals surface area (Å²) in [7, 11) is 0. The van der Waals surface area contributed by atoms with Gasteiger partial charge in [-0.15, -0.1) is 0 Å². The van der Waals surface area contributed by atoms with E-state index in [9.17, 15) is 0 Å². The molecule has 0 aliphatic carbocycles. The Morgan fingerprint density at radius 1 is 1.67 bits per heavy atom. The van der Waals surface area contributed by atoms with E-state index in [1.165, 1.54) is 19.4 Å². The van der Waals surface area contributed by atoms with Gasteiger partial charge in [0.2, 0.25) is 0 Å². The largest absolute Gasteiger partial charge is 0.356 e. The smallest absolute Gasteiger partial charge is 0.0895 e. The lowest BCUT2D eigenvalue weighted by atomic mass is 10.0. The van der Waals surface area contributed by atoms with E-state index in [0.717, 1.165) is 18.5 Å².